The van der Waals surface area contributed by atoms with Gasteiger partial charge >= 0.3 is 0 Å². The van der Waals surface area contributed by atoms with Crippen molar-refractivity contribution in [1.29, 1.82) is 0 Å². The van der Waals surface area contributed by atoms with E-state index in [9.17, 15) is 14.4 Å². The van der Waals surface area contributed by atoms with Crippen LogP contribution in [0.3, 0.4) is 0 Å². The van der Waals surface area contributed by atoms with Gasteiger partial charge in [-0.05, 0) is 0 Å². The lowest BCUT2D eigenvalue weighted by Crippen LogP contribution is -2.22. The Bertz CT molecular complexity index is 175. The summed E-state index contributed by atoms with van der Waals surface area (Å²) in [4.78, 5) is 30.7. The molecule has 0 radical (unpaired) electrons. The third-order valence-electron chi connectivity index (χ3n) is 1.17. The molecule has 0 aromatic heterocycles. The van der Waals surface area contributed by atoms with Crippen LogP contribution in [0.5, 0.6) is 0 Å². The Morgan fingerprint density at radius 2 is 2.22 bits per heavy atom. The summed E-state index contributed by atoms with van der Waals surface area (Å²) in [5, 5.41) is 2.01. The summed E-state index contributed by atoms with van der Waals surface area (Å²) in [6.07, 6.45) is 0.503. The number of imide groups is 1. The summed E-state index contributed by atoms with van der Waals surface area (Å²) < 4.78 is 0. The molecule has 0 aliphatic carbocycles. The molecule has 1 aliphatic rings. The number of nitrogens with one attached hydrogen (secondary N) is 1. The number of hydrogen-bond donors (Lipinski definition) is 1. The predicted molar refractivity (Wildman–Crippen MR) is 27.3 cm³/mol. The summed E-state index contributed by atoms with van der Waals surface area (Å²) in [6, 6.07) is 0. The van der Waals surface area contributed by atoms with Gasteiger partial charge in [0.1, 0.15) is 12.2 Å². The third-order valence-corrected chi connectivity index (χ3v) is 1.17. The summed E-state index contributed by atoms with van der Waals surface area (Å²) >= 11 is 0. The maximum Gasteiger partial charge on any atom is 0.237 e. The molecule has 4 heteroatoms. The Morgan fingerprint density at radius 3 is 2.44 bits per heavy atom. The van der Waals surface area contributed by atoms with Gasteiger partial charge < -0.3 is 4.79 Å². The molecule has 1 atom stereocenters. The number of carbonyl (C=O) groups is 3. The van der Waals surface area contributed by atoms with Crippen molar-refractivity contribution >= 4 is 18.1 Å². The quantitative estimate of drug-likeness (QED) is 0.275. The van der Waals surface area contributed by atoms with Crippen LogP contribution in [0.25, 0.3) is 0 Å². The lowest BCUT2D eigenvalue weighted by molar-refractivity contribution is -0.127. The molecule has 0 saturated carbocycles. The second-order valence-electron chi connectivity index (χ2n) is 1.86. The van der Waals surface area contributed by atoms with Crippen LogP contribution >= 0.6 is 0 Å². The van der Waals surface area contributed by atoms with E-state index in [1.165, 1.54) is 0 Å². The molecule has 1 fully saturated rings. The van der Waals surface area contributed by atoms with E-state index in [4.69, 9.17) is 0 Å². The van der Waals surface area contributed by atoms with E-state index in [0.717, 1.165) is 0 Å². The fraction of sp³-hybridized carbons (Fsp3) is 0.400. The van der Waals surface area contributed by atoms with Crippen molar-refractivity contribution < 1.29 is 14.4 Å². The third kappa shape index (κ3) is 0.960. The fourth-order valence-electron chi connectivity index (χ4n) is 0.683. The Kier molecular flexibility index (Phi) is 1.30. The van der Waals surface area contributed by atoms with Gasteiger partial charge in [-0.1, -0.05) is 0 Å². The molecule has 0 bridgehead atoms. The molecule has 4 nitrogen and oxygen atoms in total. The monoisotopic (exact) mass is 127 g/mol. The van der Waals surface area contributed by atoms with Gasteiger partial charge in [0.25, 0.3) is 0 Å². The molecule has 1 rings (SSSR count). The predicted octanol–water partition coefficient (Wildman–Crippen LogP) is -1.15. The molecule has 9 heavy (non-hydrogen) atoms. The van der Waals surface area contributed by atoms with Crippen molar-refractivity contribution in [2.45, 2.75) is 6.42 Å². The molecule has 0 aromatic carbocycles. The number of aldehydes is 1. The first kappa shape index (κ1) is 5.94. The van der Waals surface area contributed by atoms with E-state index in [-0.39, 0.29) is 12.3 Å². The van der Waals surface area contributed by atoms with Crippen molar-refractivity contribution in [2.75, 3.05) is 0 Å². The van der Waals surface area contributed by atoms with E-state index in [1.54, 1.807) is 0 Å². The molecule has 1 N–H and O–H groups in total. The van der Waals surface area contributed by atoms with E-state index >= 15 is 0 Å². The van der Waals surface area contributed by atoms with Gasteiger partial charge in [-0.15, -0.1) is 0 Å². The molecular formula is C5H5NO3. The van der Waals surface area contributed by atoms with Crippen LogP contribution in [-0.2, 0) is 14.4 Å². The zero-order chi connectivity index (χ0) is 6.85. The maximum atomic E-state index is 10.5. The first-order valence-corrected chi connectivity index (χ1v) is 2.53. The standard InChI is InChI=1S/C5H5NO3/c7-2-3-1-4(8)6-5(3)9/h2-3H,1H2,(H,6,8,9). The second-order valence-corrected chi connectivity index (χ2v) is 1.86. The van der Waals surface area contributed by atoms with Crippen molar-refractivity contribution in [3.05, 3.63) is 0 Å². The average molecular weight is 127 g/mol. The zero-order valence-electron chi connectivity index (χ0n) is 4.59. The van der Waals surface area contributed by atoms with E-state index < -0.39 is 11.8 Å². The molecule has 1 heterocycles. The molecule has 0 spiro atoms. The van der Waals surface area contributed by atoms with Crippen LogP contribution in [0.4, 0.5) is 0 Å². The lowest BCUT2D eigenvalue weighted by atomic mass is 10.1. The second kappa shape index (κ2) is 1.97. The van der Waals surface area contributed by atoms with Crippen LogP contribution in [-0.4, -0.2) is 18.1 Å². The van der Waals surface area contributed by atoms with Crippen LogP contribution in [0.2, 0.25) is 0 Å². The van der Waals surface area contributed by atoms with Gasteiger partial charge in [0.15, 0.2) is 0 Å². The van der Waals surface area contributed by atoms with Crippen LogP contribution in [0, 0.1) is 5.92 Å². The molecule has 0 aromatic rings. The Labute approximate surface area is 51.2 Å². The van der Waals surface area contributed by atoms with Crippen molar-refractivity contribution in [2.24, 2.45) is 5.92 Å². The number of hydrogen-bond acceptors (Lipinski definition) is 3. The van der Waals surface area contributed by atoms with Gasteiger partial charge in [0.05, 0.1) is 0 Å². The highest BCUT2D eigenvalue weighted by Gasteiger charge is 2.29. The van der Waals surface area contributed by atoms with E-state index in [0.29, 0.717) is 6.29 Å². The molecule has 1 saturated heterocycles. The number of carbonyl (C=O) groups excluding carboxylic acids is 3. The van der Waals surface area contributed by atoms with Gasteiger partial charge in [-0.2, -0.15) is 0 Å². The summed E-state index contributed by atoms with van der Waals surface area (Å²) in [7, 11) is 0. The van der Waals surface area contributed by atoms with Gasteiger partial charge in [-0.3, -0.25) is 14.9 Å². The summed E-state index contributed by atoms with van der Waals surface area (Å²) in [6.45, 7) is 0. The van der Waals surface area contributed by atoms with Crippen molar-refractivity contribution in [1.82, 2.24) is 5.32 Å². The van der Waals surface area contributed by atoms with Crippen LogP contribution in [0.15, 0.2) is 0 Å². The first-order chi connectivity index (χ1) is 4.24. The average Bonchev–Trinajstić information content (AvgIpc) is 2.10. The SMILES string of the molecule is O=CC1CC(=O)NC1=O. The topological polar surface area (TPSA) is 63.2 Å². The van der Waals surface area contributed by atoms with Gasteiger partial charge in [0.2, 0.25) is 11.8 Å². The minimum Gasteiger partial charge on any atom is -0.302 e. The van der Waals surface area contributed by atoms with E-state index in [2.05, 4.69) is 0 Å². The zero-order valence-corrected chi connectivity index (χ0v) is 4.59. The van der Waals surface area contributed by atoms with Gasteiger partial charge in [-0.25, -0.2) is 0 Å². The van der Waals surface area contributed by atoms with E-state index in [1.807, 2.05) is 5.32 Å². The fourth-order valence-corrected chi connectivity index (χ4v) is 0.683. The summed E-state index contributed by atoms with van der Waals surface area (Å²) in [5.74, 6) is -1.58. The van der Waals surface area contributed by atoms with Crippen molar-refractivity contribution in [3.63, 3.8) is 0 Å². The van der Waals surface area contributed by atoms with Gasteiger partial charge in [0, 0.05) is 6.42 Å². The maximum absolute atomic E-state index is 10.5. The number of amides is 2. The minimum absolute atomic E-state index is 0.0162. The largest absolute Gasteiger partial charge is 0.302 e. The first-order valence-electron chi connectivity index (χ1n) is 2.53. The molecule has 48 valence electrons. The molecule has 1 aliphatic heterocycles. The minimum atomic E-state index is -0.738. The normalized spacial score (nSPS) is 26.0. The molecular weight excluding hydrogens is 122 g/mol. The highest BCUT2D eigenvalue weighted by molar-refractivity contribution is 6.09. The highest BCUT2D eigenvalue weighted by atomic mass is 16.2. The Balaban J connectivity index is 2.68. The smallest absolute Gasteiger partial charge is 0.237 e. The van der Waals surface area contributed by atoms with Crippen molar-refractivity contribution in [3.8, 4) is 0 Å². The summed E-state index contributed by atoms with van der Waals surface area (Å²) in [5.41, 5.74) is 0. The highest BCUT2D eigenvalue weighted by Crippen LogP contribution is 2.05. The van der Waals surface area contributed by atoms with Crippen LogP contribution in [0.1, 0.15) is 6.42 Å². The molecule has 2 amide bonds. The number of rotatable bonds is 1. The Hall–Kier alpha value is -1.19. The molecule has 1 unspecified atom stereocenters. The Morgan fingerprint density at radius 1 is 1.56 bits per heavy atom. The van der Waals surface area contributed by atoms with Crippen LogP contribution < -0.4 is 5.32 Å². The lowest BCUT2D eigenvalue weighted by Gasteiger charge is -1.87.